The van der Waals surface area contributed by atoms with Crippen molar-refractivity contribution >= 4 is 21.9 Å². The second-order valence-corrected chi connectivity index (χ2v) is 8.89. The largest absolute Gasteiger partial charge is 0.465 e. The average molecular weight is 473 g/mol. The van der Waals surface area contributed by atoms with E-state index in [2.05, 4.69) is 11.8 Å². The van der Waals surface area contributed by atoms with Crippen LogP contribution in [0.4, 0.5) is 0 Å². The molecule has 4 aromatic carbocycles. The normalized spacial score (nSPS) is 15.4. The molecule has 6 rings (SSSR count). The molecule has 1 aromatic heterocycles. The summed E-state index contributed by atoms with van der Waals surface area (Å²) < 4.78 is 18.1. The third kappa shape index (κ3) is 4.49. The zero-order valence-electron chi connectivity index (χ0n) is 19.7. The maximum atomic E-state index is 13.6. The summed E-state index contributed by atoms with van der Waals surface area (Å²) in [4.78, 5) is 13.6. The van der Waals surface area contributed by atoms with Crippen LogP contribution in [-0.4, -0.2) is 12.9 Å². The fraction of sp³-hybridized carbons (Fsp3) is 0.156. The van der Waals surface area contributed by atoms with Crippen LogP contribution in [0.2, 0.25) is 0 Å². The molecule has 36 heavy (non-hydrogen) atoms. The lowest BCUT2D eigenvalue weighted by Gasteiger charge is -2.23. The predicted octanol–water partition coefficient (Wildman–Crippen LogP) is 6.92. The van der Waals surface area contributed by atoms with Gasteiger partial charge < -0.3 is 13.9 Å². The fourth-order valence-electron chi connectivity index (χ4n) is 4.54. The quantitative estimate of drug-likeness (QED) is 0.211. The highest BCUT2D eigenvalue weighted by atomic mass is 16.7. The number of benzene rings is 4. The molecule has 0 aliphatic carbocycles. The molecule has 1 aliphatic heterocycles. The summed E-state index contributed by atoms with van der Waals surface area (Å²) in [5, 5.41) is 1.01. The Kier molecular flexibility index (Phi) is 5.99. The SMILES string of the molecule is O=c1c2ccc(OC3CCCCO3)cc2oc2c(-c3ccccc3)cc(C#Cc3ccccc3)cc12. The minimum absolute atomic E-state index is 0.0905. The maximum Gasteiger partial charge on any atom is 0.200 e. The van der Waals surface area contributed by atoms with Gasteiger partial charge in [-0.3, -0.25) is 4.79 Å². The van der Waals surface area contributed by atoms with E-state index in [4.69, 9.17) is 13.9 Å². The topological polar surface area (TPSA) is 48.7 Å². The lowest BCUT2D eigenvalue weighted by atomic mass is 9.98. The van der Waals surface area contributed by atoms with Crippen molar-refractivity contribution in [2.45, 2.75) is 25.6 Å². The van der Waals surface area contributed by atoms with Gasteiger partial charge in [-0.2, -0.15) is 0 Å². The van der Waals surface area contributed by atoms with Gasteiger partial charge in [0.2, 0.25) is 5.43 Å². The summed E-state index contributed by atoms with van der Waals surface area (Å²) in [6.45, 7) is 0.702. The third-order valence-corrected chi connectivity index (χ3v) is 6.36. The molecule has 0 amide bonds. The zero-order chi connectivity index (χ0) is 24.3. The lowest BCUT2D eigenvalue weighted by Crippen LogP contribution is -2.24. The van der Waals surface area contributed by atoms with E-state index in [9.17, 15) is 4.79 Å². The molecule has 0 N–H and O–H groups in total. The van der Waals surface area contributed by atoms with Crippen LogP contribution in [0, 0.1) is 11.8 Å². The van der Waals surface area contributed by atoms with E-state index in [1.165, 1.54) is 0 Å². The van der Waals surface area contributed by atoms with Crippen molar-refractivity contribution in [3.05, 3.63) is 112 Å². The van der Waals surface area contributed by atoms with Crippen LogP contribution >= 0.6 is 0 Å². The molecular formula is C32H24O4. The first-order valence-electron chi connectivity index (χ1n) is 12.2. The van der Waals surface area contributed by atoms with Crippen molar-refractivity contribution in [1.82, 2.24) is 0 Å². The molecule has 1 fully saturated rings. The van der Waals surface area contributed by atoms with Crippen molar-refractivity contribution in [3.63, 3.8) is 0 Å². The van der Waals surface area contributed by atoms with Crippen LogP contribution in [0.25, 0.3) is 33.1 Å². The standard InChI is InChI=1S/C32H24O4/c33-31-26-17-16-25(35-30-13-7-8-18-34-30)21-29(26)36-32-27(24-11-5-2-6-12-24)19-23(20-28(31)32)15-14-22-9-3-1-4-10-22/h1-6,9-12,16-17,19-21,30H,7-8,13,18H2. The van der Waals surface area contributed by atoms with Crippen LogP contribution in [0.3, 0.4) is 0 Å². The van der Waals surface area contributed by atoms with Crippen LogP contribution in [0.1, 0.15) is 30.4 Å². The first-order chi connectivity index (χ1) is 17.7. The first-order valence-corrected chi connectivity index (χ1v) is 12.2. The molecule has 4 heteroatoms. The first kappa shape index (κ1) is 22.2. The molecule has 2 heterocycles. The Morgan fingerprint density at radius 3 is 2.33 bits per heavy atom. The van der Waals surface area contributed by atoms with Crippen molar-refractivity contribution in [2.75, 3.05) is 6.61 Å². The smallest absolute Gasteiger partial charge is 0.200 e. The van der Waals surface area contributed by atoms with Gasteiger partial charge in [0, 0.05) is 29.2 Å². The number of ether oxygens (including phenoxy) is 2. The Hall–Kier alpha value is -4.33. The van der Waals surface area contributed by atoms with Gasteiger partial charge in [0.1, 0.15) is 16.9 Å². The summed E-state index contributed by atoms with van der Waals surface area (Å²) in [7, 11) is 0. The van der Waals surface area contributed by atoms with Crippen molar-refractivity contribution in [2.24, 2.45) is 0 Å². The number of hydrogen-bond donors (Lipinski definition) is 0. The Morgan fingerprint density at radius 1 is 0.778 bits per heavy atom. The van der Waals surface area contributed by atoms with Gasteiger partial charge in [0.05, 0.1) is 17.4 Å². The molecule has 4 nitrogen and oxygen atoms in total. The molecule has 1 atom stereocenters. The number of rotatable bonds is 3. The third-order valence-electron chi connectivity index (χ3n) is 6.36. The summed E-state index contributed by atoms with van der Waals surface area (Å²) in [6, 6.07) is 28.9. The molecule has 1 aliphatic rings. The van der Waals surface area contributed by atoms with Gasteiger partial charge in [-0.15, -0.1) is 0 Å². The average Bonchev–Trinajstić information content (AvgIpc) is 2.93. The minimum Gasteiger partial charge on any atom is -0.465 e. The predicted molar refractivity (Wildman–Crippen MR) is 142 cm³/mol. The minimum atomic E-state index is -0.269. The molecule has 176 valence electrons. The summed E-state index contributed by atoms with van der Waals surface area (Å²) >= 11 is 0. The molecule has 1 unspecified atom stereocenters. The van der Waals surface area contributed by atoms with Crippen molar-refractivity contribution < 1.29 is 13.9 Å². The van der Waals surface area contributed by atoms with Crippen LogP contribution < -0.4 is 10.2 Å². The van der Waals surface area contributed by atoms with E-state index >= 15 is 0 Å². The van der Waals surface area contributed by atoms with Crippen molar-refractivity contribution in [3.8, 4) is 28.7 Å². The van der Waals surface area contributed by atoms with Crippen molar-refractivity contribution in [1.29, 1.82) is 0 Å². The van der Waals surface area contributed by atoms with Gasteiger partial charge in [-0.25, -0.2) is 0 Å². The Morgan fingerprint density at radius 2 is 1.56 bits per heavy atom. The molecule has 0 bridgehead atoms. The van der Waals surface area contributed by atoms with E-state index in [1.807, 2.05) is 72.8 Å². The summed E-state index contributed by atoms with van der Waals surface area (Å²) in [6.07, 6.45) is 2.71. The molecular weight excluding hydrogens is 448 g/mol. The zero-order valence-corrected chi connectivity index (χ0v) is 19.7. The van der Waals surface area contributed by atoms with Gasteiger partial charge in [0.25, 0.3) is 0 Å². The highest BCUT2D eigenvalue weighted by molar-refractivity contribution is 5.98. The fourth-order valence-corrected chi connectivity index (χ4v) is 4.54. The summed E-state index contributed by atoms with van der Waals surface area (Å²) in [5.41, 5.74) is 4.39. The Bertz CT molecular complexity index is 1650. The van der Waals surface area contributed by atoms with E-state index < -0.39 is 0 Å². The van der Waals surface area contributed by atoms with Gasteiger partial charge in [-0.1, -0.05) is 60.4 Å². The molecule has 0 saturated carbocycles. The molecule has 5 aromatic rings. The number of hydrogen-bond acceptors (Lipinski definition) is 4. The lowest BCUT2D eigenvalue weighted by molar-refractivity contribution is -0.105. The van der Waals surface area contributed by atoms with E-state index in [0.29, 0.717) is 34.3 Å². The highest BCUT2D eigenvalue weighted by Crippen LogP contribution is 2.32. The molecule has 1 saturated heterocycles. The van der Waals surface area contributed by atoms with E-state index in [1.54, 1.807) is 18.2 Å². The second kappa shape index (κ2) is 9.73. The van der Waals surface area contributed by atoms with Gasteiger partial charge in [-0.05, 0) is 54.8 Å². The maximum absolute atomic E-state index is 13.6. The van der Waals surface area contributed by atoms with Crippen LogP contribution in [0.15, 0.2) is 100 Å². The number of fused-ring (bicyclic) bond motifs is 2. The van der Waals surface area contributed by atoms with E-state index in [-0.39, 0.29) is 11.7 Å². The molecule has 0 radical (unpaired) electrons. The van der Waals surface area contributed by atoms with Crippen LogP contribution in [-0.2, 0) is 4.74 Å². The van der Waals surface area contributed by atoms with E-state index in [0.717, 1.165) is 41.5 Å². The Balaban J connectivity index is 1.51. The monoisotopic (exact) mass is 472 g/mol. The van der Waals surface area contributed by atoms with Gasteiger partial charge >= 0.3 is 0 Å². The molecule has 0 spiro atoms. The highest BCUT2D eigenvalue weighted by Gasteiger charge is 2.18. The Labute approximate surface area is 209 Å². The second-order valence-electron chi connectivity index (χ2n) is 8.89. The summed E-state index contributed by atoms with van der Waals surface area (Å²) in [5.74, 6) is 7.05. The van der Waals surface area contributed by atoms with Gasteiger partial charge in [0.15, 0.2) is 6.29 Å². The van der Waals surface area contributed by atoms with Crippen LogP contribution in [0.5, 0.6) is 5.75 Å².